The van der Waals surface area contributed by atoms with E-state index in [9.17, 15) is 5.11 Å². The number of aromatic amines is 1. The number of phenols is 1. The van der Waals surface area contributed by atoms with Crippen molar-refractivity contribution in [2.45, 2.75) is 6.92 Å². The number of aromatic hydroxyl groups is 1. The van der Waals surface area contributed by atoms with Gasteiger partial charge in [0.05, 0.1) is 5.56 Å². The van der Waals surface area contributed by atoms with Gasteiger partial charge in [-0.1, -0.05) is 36.4 Å². The van der Waals surface area contributed by atoms with Gasteiger partial charge in [0.15, 0.2) is 11.6 Å². The SMILES string of the molecule is Cc1cccnc1-c1n[nH]c(-c2c(O)ccc3ccccc23)n1. The van der Waals surface area contributed by atoms with Crippen LogP contribution in [0.15, 0.2) is 54.7 Å². The number of phenolic OH excluding ortho intramolecular Hbond substituents is 1. The van der Waals surface area contributed by atoms with Crippen molar-refractivity contribution in [1.82, 2.24) is 20.2 Å². The van der Waals surface area contributed by atoms with Crippen LogP contribution >= 0.6 is 0 Å². The molecule has 0 aliphatic carbocycles. The minimum Gasteiger partial charge on any atom is -0.507 e. The summed E-state index contributed by atoms with van der Waals surface area (Å²) in [6.45, 7) is 1.97. The third kappa shape index (κ3) is 2.23. The normalized spacial score (nSPS) is 11.0. The molecule has 5 nitrogen and oxygen atoms in total. The highest BCUT2D eigenvalue weighted by atomic mass is 16.3. The maximum Gasteiger partial charge on any atom is 0.200 e. The first kappa shape index (κ1) is 13.5. The first-order chi connectivity index (χ1) is 11.2. The number of fused-ring (bicyclic) bond motifs is 1. The van der Waals surface area contributed by atoms with E-state index in [4.69, 9.17) is 0 Å². The van der Waals surface area contributed by atoms with Crippen molar-refractivity contribution in [1.29, 1.82) is 0 Å². The Morgan fingerprint density at radius 1 is 1.00 bits per heavy atom. The fraction of sp³-hybridized carbons (Fsp3) is 0.0556. The van der Waals surface area contributed by atoms with Crippen molar-refractivity contribution < 1.29 is 5.11 Å². The fourth-order valence-electron chi connectivity index (χ4n) is 2.71. The predicted octanol–water partition coefficient (Wildman–Crippen LogP) is 3.70. The Kier molecular flexibility index (Phi) is 3.05. The Morgan fingerprint density at radius 2 is 1.87 bits per heavy atom. The third-order valence-electron chi connectivity index (χ3n) is 3.85. The Hall–Kier alpha value is -3.21. The number of nitrogens with one attached hydrogen (secondary N) is 1. The van der Waals surface area contributed by atoms with Gasteiger partial charge in [0.25, 0.3) is 0 Å². The largest absolute Gasteiger partial charge is 0.507 e. The van der Waals surface area contributed by atoms with Crippen molar-refractivity contribution in [2.24, 2.45) is 0 Å². The molecule has 2 aromatic heterocycles. The van der Waals surface area contributed by atoms with E-state index < -0.39 is 0 Å². The molecule has 23 heavy (non-hydrogen) atoms. The van der Waals surface area contributed by atoms with E-state index in [1.807, 2.05) is 49.4 Å². The summed E-state index contributed by atoms with van der Waals surface area (Å²) in [4.78, 5) is 8.87. The first-order valence-corrected chi connectivity index (χ1v) is 7.29. The molecule has 0 atom stereocenters. The molecule has 2 heterocycles. The maximum atomic E-state index is 10.3. The highest BCUT2D eigenvalue weighted by molar-refractivity contribution is 5.98. The van der Waals surface area contributed by atoms with E-state index in [0.29, 0.717) is 17.2 Å². The van der Waals surface area contributed by atoms with Crippen molar-refractivity contribution in [3.63, 3.8) is 0 Å². The molecule has 0 radical (unpaired) electrons. The van der Waals surface area contributed by atoms with Crippen LogP contribution in [0.2, 0.25) is 0 Å². The summed E-state index contributed by atoms with van der Waals surface area (Å²) in [7, 11) is 0. The number of aromatic nitrogens is 4. The second-order valence-electron chi connectivity index (χ2n) is 5.36. The van der Waals surface area contributed by atoms with E-state index in [-0.39, 0.29) is 5.75 Å². The molecule has 112 valence electrons. The molecule has 2 aromatic carbocycles. The zero-order chi connectivity index (χ0) is 15.8. The molecule has 0 aliphatic rings. The van der Waals surface area contributed by atoms with Gasteiger partial charge in [-0.15, -0.1) is 0 Å². The lowest BCUT2D eigenvalue weighted by molar-refractivity contribution is 0.477. The van der Waals surface area contributed by atoms with Gasteiger partial charge in [0.1, 0.15) is 11.4 Å². The molecule has 4 aromatic rings. The van der Waals surface area contributed by atoms with Gasteiger partial charge in [-0.2, -0.15) is 5.10 Å². The van der Waals surface area contributed by atoms with E-state index in [0.717, 1.165) is 22.0 Å². The van der Waals surface area contributed by atoms with Gasteiger partial charge in [0.2, 0.25) is 0 Å². The molecule has 0 saturated carbocycles. The second-order valence-corrected chi connectivity index (χ2v) is 5.36. The minimum absolute atomic E-state index is 0.171. The van der Waals surface area contributed by atoms with Crippen LogP contribution in [0.1, 0.15) is 5.56 Å². The lowest BCUT2D eigenvalue weighted by Gasteiger charge is -2.06. The summed E-state index contributed by atoms with van der Waals surface area (Å²) in [5.74, 6) is 1.22. The average Bonchev–Trinajstić information content (AvgIpc) is 3.04. The highest BCUT2D eigenvalue weighted by Gasteiger charge is 2.15. The van der Waals surface area contributed by atoms with Crippen LogP contribution in [-0.4, -0.2) is 25.3 Å². The van der Waals surface area contributed by atoms with Crippen LogP contribution < -0.4 is 0 Å². The van der Waals surface area contributed by atoms with Gasteiger partial charge < -0.3 is 5.11 Å². The Labute approximate surface area is 132 Å². The summed E-state index contributed by atoms with van der Waals surface area (Å²) in [5, 5.41) is 19.4. The lowest BCUT2D eigenvalue weighted by Crippen LogP contribution is -1.89. The molecule has 2 N–H and O–H groups in total. The Morgan fingerprint density at radius 3 is 2.74 bits per heavy atom. The summed E-state index contributed by atoms with van der Waals surface area (Å²) in [6.07, 6.45) is 1.72. The van der Waals surface area contributed by atoms with Crippen molar-refractivity contribution in [3.8, 4) is 28.7 Å². The molecule has 0 aliphatic heterocycles. The summed E-state index contributed by atoms with van der Waals surface area (Å²) < 4.78 is 0. The Balaban J connectivity index is 1.90. The highest BCUT2D eigenvalue weighted by Crippen LogP contribution is 2.35. The van der Waals surface area contributed by atoms with Gasteiger partial charge in [-0.25, -0.2) is 4.98 Å². The summed E-state index contributed by atoms with van der Waals surface area (Å²) in [6, 6.07) is 15.3. The molecule has 0 spiro atoms. The monoisotopic (exact) mass is 302 g/mol. The molecule has 0 amide bonds. The number of pyridine rings is 1. The van der Waals surface area contributed by atoms with Gasteiger partial charge in [-0.05, 0) is 35.4 Å². The van der Waals surface area contributed by atoms with Crippen LogP contribution in [0.3, 0.4) is 0 Å². The minimum atomic E-state index is 0.171. The molecule has 5 heteroatoms. The number of hydrogen-bond acceptors (Lipinski definition) is 4. The number of hydrogen-bond donors (Lipinski definition) is 2. The average molecular weight is 302 g/mol. The number of benzene rings is 2. The lowest BCUT2D eigenvalue weighted by atomic mass is 10.0. The quantitative estimate of drug-likeness (QED) is 0.592. The van der Waals surface area contributed by atoms with Gasteiger partial charge >= 0.3 is 0 Å². The van der Waals surface area contributed by atoms with Crippen molar-refractivity contribution in [2.75, 3.05) is 0 Å². The standard InChI is InChI=1S/C18H14N4O/c1-11-5-4-10-19-16(11)18-20-17(21-22-18)15-13-7-3-2-6-12(13)8-9-14(15)23/h2-10,23H,1H3,(H,20,21,22). The zero-order valence-corrected chi connectivity index (χ0v) is 12.5. The van der Waals surface area contributed by atoms with Crippen LogP contribution in [0, 0.1) is 6.92 Å². The molecular formula is C18H14N4O. The third-order valence-corrected chi connectivity index (χ3v) is 3.85. The first-order valence-electron chi connectivity index (χ1n) is 7.29. The fourth-order valence-corrected chi connectivity index (χ4v) is 2.71. The van der Waals surface area contributed by atoms with Crippen LogP contribution in [0.25, 0.3) is 33.7 Å². The van der Waals surface area contributed by atoms with E-state index >= 15 is 0 Å². The van der Waals surface area contributed by atoms with Gasteiger partial charge in [-0.3, -0.25) is 10.1 Å². The predicted molar refractivity (Wildman–Crippen MR) is 89.0 cm³/mol. The van der Waals surface area contributed by atoms with Crippen molar-refractivity contribution in [3.05, 3.63) is 60.3 Å². The number of H-pyrrole nitrogens is 1. The van der Waals surface area contributed by atoms with Crippen molar-refractivity contribution >= 4 is 10.8 Å². The summed E-state index contributed by atoms with van der Waals surface area (Å²) >= 11 is 0. The molecule has 0 fully saturated rings. The van der Waals surface area contributed by atoms with Crippen LogP contribution in [-0.2, 0) is 0 Å². The topological polar surface area (TPSA) is 74.7 Å². The number of rotatable bonds is 2. The van der Waals surface area contributed by atoms with E-state index in [2.05, 4.69) is 20.2 Å². The molecule has 0 unspecified atom stereocenters. The molecular weight excluding hydrogens is 288 g/mol. The Bertz CT molecular complexity index is 1010. The van der Waals surface area contributed by atoms with Gasteiger partial charge in [0, 0.05) is 6.20 Å². The second kappa shape index (κ2) is 5.21. The van der Waals surface area contributed by atoms with Crippen LogP contribution in [0.4, 0.5) is 0 Å². The smallest absolute Gasteiger partial charge is 0.200 e. The molecule has 0 saturated heterocycles. The molecule has 4 rings (SSSR count). The maximum absolute atomic E-state index is 10.3. The van der Waals surface area contributed by atoms with E-state index in [1.54, 1.807) is 12.3 Å². The summed E-state index contributed by atoms with van der Waals surface area (Å²) in [5.41, 5.74) is 2.38. The van der Waals surface area contributed by atoms with Crippen LogP contribution in [0.5, 0.6) is 5.75 Å². The number of nitrogens with zero attached hydrogens (tertiary/aromatic N) is 3. The zero-order valence-electron chi connectivity index (χ0n) is 12.5. The number of aryl methyl sites for hydroxylation is 1. The van der Waals surface area contributed by atoms with E-state index in [1.165, 1.54) is 0 Å². The molecule has 0 bridgehead atoms.